The topological polar surface area (TPSA) is 63.1 Å². The van der Waals surface area contributed by atoms with Crippen LogP contribution in [-0.4, -0.2) is 45.4 Å². The number of benzene rings is 1. The summed E-state index contributed by atoms with van der Waals surface area (Å²) in [6, 6.07) is 14.1. The van der Waals surface area contributed by atoms with E-state index in [-0.39, 0.29) is 11.9 Å². The lowest BCUT2D eigenvalue weighted by molar-refractivity contribution is 0.0909. The maximum Gasteiger partial charge on any atom is 0.273 e. The van der Waals surface area contributed by atoms with E-state index in [1.165, 1.54) is 22.5 Å². The van der Waals surface area contributed by atoms with Gasteiger partial charge in [-0.1, -0.05) is 31.2 Å². The van der Waals surface area contributed by atoms with Crippen molar-refractivity contribution in [3.05, 3.63) is 64.1 Å². The van der Waals surface area contributed by atoms with Gasteiger partial charge in [0.2, 0.25) is 0 Å². The van der Waals surface area contributed by atoms with Crippen LogP contribution in [0, 0.1) is 12.8 Å². The number of aryl methyl sites for hydroxylation is 1. The Hall–Kier alpha value is -2.51. The van der Waals surface area contributed by atoms with Crippen LogP contribution >= 0.6 is 11.3 Å². The summed E-state index contributed by atoms with van der Waals surface area (Å²) in [5.41, 5.74) is 1.85. The second kappa shape index (κ2) is 8.88. The highest BCUT2D eigenvalue weighted by atomic mass is 32.1. The number of carbonyl (C=O) groups excluding carboxylic acids is 1. The molecule has 152 valence electrons. The van der Waals surface area contributed by atoms with Gasteiger partial charge < -0.3 is 5.32 Å². The Morgan fingerprint density at radius 1 is 1.17 bits per heavy atom. The molecule has 29 heavy (non-hydrogen) atoms. The van der Waals surface area contributed by atoms with Gasteiger partial charge >= 0.3 is 0 Å². The second-order valence-corrected chi connectivity index (χ2v) is 8.70. The third kappa shape index (κ3) is 4.57. The van der Waals surface area contributed by atoms with Gasteiger partial charge in [-0.05, 0) is 62.4 Å². The molecule has 4 rings (SSSR count). The van der Waals surface area contributed by atoms with Gasteiger partial charge in [0.05, 0.1) is 17.4 Å². The molecule has 0 radical (unpaired) electrons. The fraction of sp³-hybridized carbons (Fsp3) is 0.409. The molecule has 1 unspecified atom stereocenters. The molecule has 1 amide bonds. The summed E-state index contributed by atoms with van der Waals surface area (Å²) < 4.78 is 0. The lowest BCUT2D eigenvalue weighted by atomic mass is 9.97. The first kappa shape index (κ1) is 19.8. The molecule has 1 fully saturated rings. The van der Waals surface area contributed by atoms with Gasteiger partial charge in [0.15, 0.2) is 5.69 Å². The van der Waals surface area contributed by atoms with Gasteiger partial charge in [0, 0.05) is 11.4 Å². The monoisotopic (exact) mass is 409 g/mol. The standard InChI is InChI=1S/C22H27N5OS/c1-16-10-12-26(13-11-16)19(20-9-6-14-29-20)15-23-22(28)21-17(2)24-27(25-21)18-7-4-3-5-8-18/h3-9,14,16,19H,10-13,15H2,1-2H3,(H,23,28). The maximum atomic E-state index is 12.9. The van der Waals surface area contributed by atoms with Crippen LogP contribution in [0.5, 0.6) is 0 Å². The van der Waals surface area contributed by atoms with Crippen molar-refractivity contribution in [3.63, 3.8) is 0 Å². The number of likely N-dealkylation sites (tertiary alicyclic amines) is 1. The number of hydrogen-bond donors (Lipinski definition) is 1. The molecule has 1 aromatic carbocycles. The van der Waals surface area contributed by atoms with Crippen LogP contribution in [0.25, 0.3) is 5.69 Å². The zero-order chi connectivity index (χ0) is 20.2. The fourth-order valence-electron chi connectivity index (χ4n) is 3.77. The van der Waals surface area contributed by atoms with Gasteiger partial charge in [-0.25, -0.2) is 0 Å². The zero-order valence-electron chi connectivity index (χ0n) is 16.9. The Labute approximate surface area is 175 Å². The van der Waals surface area contributed by atoms with E-state index in [0.717, 1.165) is 24.7 Å². The Morgan fingerprint density at radius 2 is 1.93 bits per heavy atom. The summed E-state index contributed by atoms with van der Waals surface area (Å²) in [7, 11) is 0. The average Bonchev–Trinajstić information content (AvgIpc) is 3.40. The van der Waals surface area contributed by atoms with Crippen molar-refractivity contribution in [2.75, 3.05) is 19.6 Å². The smallest absolute Gasteiger partial charge is 0.273 e. The molecule has 7 heteroatoms. The van der Waals surface area contributed by atoms with Gasteiger partial charge in [0.25, 0.3) is 5.91 Å². The lowest BCUT2D eigenvalue weighted by Gasteiger charge is -2.36. The van der Waals surface area contributed by atoms with Crippen molar-refractivity contribution in [3.8, 4) is 5.69 Å². The van der Waals surface area contributed by atoms with Crippen LogP contribution < -0.4 is 5.32 Å². The Kier molecular flexibility index (Phi) is 6.06. The normalized spacial score (nSPS) is 16.6. The molecule has 0 bridgehead atoms. The first-order valence-corrected chi connectivity index (χ1v) is 11.0. The van der Waals surface area contributed by atoms with Crippen LogP contribution in [0.1, 0.15) is 46.9 Å². The van der Waals surface area contributed by atoms with Crippen LogP contribution in [0.15, 0.2) is 47.8 Å². The summed E-state index contributed by atoms with van der Waals surface area (Å²) >= 11 is 1.75. The highest BCUT2D eigenvalue weighted by Gasteiger charge is 2.26. The molecule has 3 heterocycles. The molecule has 1 aliphatic rings. The highest BCUT2D eigenvalue weighted by Crippen LogP contribution is 2.29. The molecule has 0 spiro atoms. The number of para-hydroxylation sites is 1. The summed E-state index contributed by atoms with van der Waals surface area (Å²) in [4.78, 5) is 18.2. The average molecular weight is 410 g/mol. The maximum absolute atomic E-state index is 12.9. The number of nitrogens with zero attached hydrogens (tertiary/aromatic N) is 4. The Balaban J connectivity index is 1.46. The third-order valence-electron chi connectivity index (χ3n) is 5.57. The summed E-state index contributed by atoms with van der Waals surface area (Å²) in [6.07, 6.45) is 2.42. The number of hydrogen-bond acceptors (Lipinski definition) is 5. The molecule has 1 atom stereocenters. The second-order valence-electron chi connectivity index (χ2n) is 7.72. The summed E-state index contributed by atoms with van der Waals surface area (Å²) in [6.45, 7) is 6.86. The van der Waals surface area contributed by atoms with Crippen LogP contribution in [0.2, 0.25) is 0 Å². The van der Waals surface area contributed by atoms with Gasteiger partial charge in [-0.3, -0.25) is 9.69 Å². The Morgan fingerprint density at radius 3 is 2.62 bits per heavy atom. The Bertz CT molecular complexity index is 930. The number of piperidine rings is 1. The summed E-state index contributed by atoms with van der Waals surface area (Å²) in [5, 5.41) is 14.1. The van der Waals surface area contributed by atoms with Gasteiger partial charge in [-0.2, -0.15) is 9.90 Å². The van der Waals surface area contributed by atoms with Crippen molar-refractivity contribution >= 4 is 17.2 Å². The minimum Gasteiger partial charge on any atom is -0.349 e. The number of rotatable bonds is 6. The van der Waals surface area contributed by atoms with E-state index >= 15 is 0 Å². The molecule has 0 saturated carbocycles. The molecule has 1 saturated heterocycles. The lowest BCUT2D eigenvalue weighted by Crippen LogP contribution is -2.41. The number of aromatic nitrogens is 3. The predicted octanol–water partition coefficient (Wildman–Crippen LogP) is 3.84. The molecule has 2 aromatic heterocycles. The van der Waals surface area contributed by atoms with E-state index in [0.29, 0.717) is 17.9 Å². The van der Waals surface area contributed by atoms with Gasteiger partial charge in [0.1, 0.15) is 0 Å². The molecular weight excluding hydrogens is 382 g/mol. The van der Waals surface area contributed by atoms with E-state index in [2.05, 4.69) is 44.9 Å². The predicted molar refractivity (Wildman–Crippen MR) is 115 cm³/mol. The SMILES string of the molecule is Cc1nn(-c2ccccc2)nc1C(=O)NCC(c1cccs1)N1CCC(C)CC1. The number of thiophene rings is 1. The zero-order valence-corrected chi connectivity index (χ0v) is 17.7. The van der Waals surface area contributed by atoms with E-state index in [4.69, 9.17) is 0 Å². The molecule has 1 N–H and O–H groups in total. The molecular formula is C22H27N5OS. The minimum absolute atomic E-state index is 0.170. The van der Waals surface area contributed by atoms with E-state index < -0.39 is 0 Å². The summed E-state index contributed by atoms with van der Waals surface area (Å²) in [5.74, 6) is 0.608. The van der Waals surface area contributed by atoms with Crippen LogP contribution in [0.4, 0.5) is 0 Å². The molecule has 6 nitrogen and oxygen atoms in total. The molecule has 0 aliphatic carbocycles. The van der Waals surface area contributed by atoms with Crippen molar-refractivity contribution < 1.29 is 4.79 Å². The fourth-order valence-corrected chi connectivity index (χ4v) is 4.63. The number of nitrogens with one attached hydrogen (secondary N) is 1. The van der Waals surface area contributed by atoms with Crippen molar-refractivity contribution in [2.24, 2.45) is 5.92 Å². The van der Waals surface area contributed by atoms with E-state index in [1.54, 1.807) is 11.3 Å². The minimum atomic E-state index is -0.170. The van der Waals surface area contributed by atoms with Crippen molar-refractivity contribution in [1.29, 1.82) is 0 Å². The number of carbonyl (C=O) groups is 1. The van der Waals surface area contributed by atoms with Gasteiger partial charge in [-0.15, -0.1) is 16.4 Å². The molecule has 3 aromatic rings. The molecule has 1 aliphatic heterocycles. The van der Waals surface area contributed by atoms with Crippen molar-refractivity contribution in [1.82, 2.24) is 25.2 Å². The van der Waals surface area contributed by atoms with Crippen LogP contribution in [-0.2, 0) is 0 Å². The van der Waals surface area contributed by atoms with Crippen molar-refractivity contribution in [2.45, 2.75) is 32.7 Å². The third-order valence-corrected chi connectivity index (χ3v) is 6.54. The van der Waals surface area contributed by atoms with Crippen LogP contribution in [0.3, 0.4) is 0 Å². The van der Waals surface area contributed by atoms with E-state index in [1.807, 2.05) is 37.3 Å². The quantitative estimate of drug-likeness (QED) is 0.672. The first-order valence-electron chi connectivity index (χ1n) is 10.2. The largest absolute Gasteiger partial charge is 0.349 e. The highest BCUT2D eigenvalue weighted by molar-refractivity contribution is 7.10. The first-order chi connectivity index (χ1) is 14.1. The van der Waals surface area contributed by atoms with E-state index in [9.17, 15) is 4.79 Å². The number of amides is 1.